The van der Waals surface area contributed by atoms with Gasteiger partial charge in [0.15, 0.2) is 0 Å². The van der Waals surface area contributed by atoms with Gasteiger partial charge in [0.2, 0.25) is 0 Å². The van der Waals surface area contributed by atoms with Crippen molar-refractivity contribution in [1.29, 1.82) is 0 Å². The van der Waals surface area contributed by atoms with Gasteiger partial charge in [-0.25, -0.2) is 0 Å². The summed E-state index contributed by atoms with van der Waals surface area (Å²) in [6, 6.07) is 8.92. The van der Waals surface area contributed by atoms with Crippen LogP contribution in [0.4, 0.5) is 0 Å². The van der Waals surface area contributed by atoms with E-state index in [1.165, 1.54) is 48.2 Å². The van der Waals surface area contributed by atoms with E-state index in [1.54, 1.807) is 0 Å². The Hall–Kier alpha value is -1.08. The average Bonchev–Trinajstić information content (AvgIpc) is 2.60. The largest absolute Gasteiger partial charge is 0.299 e. The highest BCUT2D eigenvalue weighted by Crippen LogP contribution is 2.23. The van der Waals surface area contributed by atoms with E-state index in [1.807, 2.05) is 0 Å². The van der Waals surface area contributed by atoms with Gasteiger partial charge >= 0.3 is 0 Å². The lowest BCUT2D eigenvalue weighted by atomic mass is 10.0. The molecule has 0 aromatic heterocycles. The Bertz CT molecular complexity index is 471. The average molecular weight is 285 g/mol. The second-order valence-electron chi connectivity index (χ2n) is 7.25. The Kier molecular flexibility index (Phi) is 5.64. The van der Waals surface area contributed by atoms with Gasteiger partial charge in [0, 0.05) is 19.6 Å². The van der Waals surface area contributed by atoms with Gasteiger partial charge < -0.3 is 0 Å². The molecule has 1 aliphatic heterocycles. The first-order chi connectivity index (χ1) is 9.95. The number of nitrogens with zero attached hydrogens (tertiary/aromatic N) is 1. The van der Waals surface area contributed by atoms with Crippen molar-refractivity contribution in [2.24, 2.45) is 11.8 Å². The van der Waals surface area contributed by atoms with E-state index < -0.39 is 0 Å². The smallest absolute Gasteiger partial charge is 0.0196 e. The quantitative estimate of drug-likeness (QED) is 0.741. The molecule has 2 atom stereocenters. The molecule has 1 fully saturated rings. The zero-order valence-corrected chi connectivity index (χ0v) is 14.4. The van der Waals surface area contributed by atoms with Gasteiger partial charge in [-0.15, -0.1) is 0 Å². The Morgan fingerprint density at radius 1 is 1.00 bits per heavy atom. The molecule has 0 N–H and O–H groups in total. The van der Waals surface area contributed by atoms with Crippen LogP contribution in [0.2, 0.25) is 0 Å². The maximum Gasteiger partial charge on any atom is 0.0196 e. The van der Waals surface area contributed by atoms with Crippen molar-refractivity contribution in [3.63, 3.8) is 0 Å². The van der Waals surface area contributed by atoms with E-state index in [4.69, 9.17) is 0 Å². The minimum absolute atomic E-state index is 0.836. The first-order valence-electron chi connectivity index (χ1n) is 8.41. The second kappa shape index (κ2) is 7.26. The van der Waals surface area contributed by atoms with Crippen molar-refractivity contribution < 1.29 is 0 Å². The molecule has 1 saturated heterocycles. The molecule has 2 rings (SSSR count). The van der Waals surface area contributed by atoms with Crippen molar-refractivity contribution in [3.05, 3.63) is 41.0 Å². The Morgan fingerprint density at radius 2 is 1.52 bits per heavy atom. The van der Waals surface area contributed by atoms with Crippen LogP contribution in [0.3, 0.4) is 0 Å². The van der Waals surface area contributed by atoms with E-state index in [0.29, 0.717) is 0 Å². The molecule has 0 bridgehead atoms. The van der Waals surface area contributed by atoms with Crippen LogP contribution in [-0.2, 0) is 0 Å². The molecule has 1 heterocycles. The fraction of sp³-hybridized carbons (Fsp3) is 0.600. The summed E-state index contributed by atoms with van der Waals surface area (Å²) in [5.74, 6) is 1.67. The van der Waals surface area contributed by atoms with Gasteiger partial charge in [-0.05, 0) is 56.6 Å². The summed E-state index contributed by atoms with van der Waals surface area (Å²) in [6.45, 7) is 15.1. The molecule has 0 spiro atoms. The Labute approximate surface area is 131 Å². The zero-order valence-electron chi connectivity index (χ0n) is 14.4. The normalized spacial score (nSPS) is 25.4. The third-order valence-electron chi connectivity index (χ3n) is 4.88. The van der Waals surface area contributed by atoms with Crippen molar-refractivity contribution >= 4 is 5.57 Å². The molecular formula is C20H31N. The molecule has 1 aromatic rings. The van der Waals surface area contributed by atoms with Gasteiger partial charge in [0.05, 0.1) is 0 Å². The number of hydrogen-bond donors (Lipinski definition) is 0. The fourth-order valence-electron chi connectivity index (χ4n) is 3.34. The number of aryl methyl sites for hydroxylation is 1. The first kappa shape index (κ1) is 16.3. The molecule has 116 valence electrons. The van der Waals surface area contributed by atoms with Gasteiger partial charge in [-0.2, -0.15) is 0 Å². The molecule has 21 heavy (non-hydrogen) atoms. The third kappa shape index (κ3) is 4.71. The molecule has 1 nitrogen and oxygen atoms in total. The standard InChI is InChI=1S/C20H31N/c1-15-8-10-20(11-9-15)19(5)18(4)14-21-12-16(2)6-7-17(3)13-21/h8-11,16-17H,6-7,12-14H2,1-5H3/b19-18-. The lowest BCUT2D eigenvalue weighted by Crippen LogP contribution is -2.31. The van der Waals surface area contributed by atoms with Crippen LogP contribution >= 0.6 is 0 Å². The summed E-state index contributed by atoms with van der Waals surface area (Å²) in [4.78, 5) is 2.66. The summed E-state index contributed by atoms with van der Waals surface area (Å²) < 4.78 is 0. The fourth-order valence-corrected chi connectivity index (χ4v) is 3.34. The number of allylic oxidation sites excluding steroid dienone is 1. The third-order valence-corrected chi connectivity index (χ3v) is 4.88. The number of rotatable bonds is 3. The monoisotopic (exact) mass is 285 g/mol. The van der Waals surface area contributed by atoms with Crippen LogP contribution in [0.15, 0.2) is 29.8 Å². The zero-order chi connectivity index (χ0) is 15.4. The summed E-state index contributed by atoms with van der Waals surface area (Å²) in [6.07, 6.45) is 2.77. The number of benzene rings is 1. The molecule has 1 aromatic carbocycles. The van der Waals surface area contributed by atoms with Crippen molar-refractivity contribution in [2.45, 2.75) is 47.5 Å². The summed E-state index contributed by atoms with van der Waals surface area (Å²) in [5, 5.41) is 0. The minimum atomic E-state index is 0.836. The van der Waals surface area contributed by atoms with Crippen molar-refractivity contribution in [2.75, 3.05) is 19.6 Å². The number of hydrogen-bond acceptors (Lipinski definition) is 1. The summed E-state index contributed by atoms with van der Waals surface area (Å²) in [5.41, 5.74) is 5.66. The predicted octanol–water partition coefficient (Wildman–Crippen LogP) is 5.16. The summed E-state index contributed by atoms with van der Waals surface area (Å²) >= 11 is 0. The van der Waals surface area contributed by atoms with Crippen LogP contribution in [-0.4, -0.2) is 24.5 Å². The molecule has 0 amide bonds. The minimum Gasteiger partial charge on any atom is -0.299 e. The highest BCUT2D eigenvalue weighted by atomic mass is 15.1. The first-order valence-corrected chi connectivity index (χ1v) is 8.41. The van der Waals surface area contributed by atoms with Gasteiger partial charge in [0.1, 0.15) is 0 Å². The predicted molar refractivity (Wildman–Crippen MR) is 93.4 cm³/mol. The van der Waals surface area contributed by atoms with Crippen LogP contribution in [0.25, 0.3) is 5.57 Å². The van der Waals surface area contributed by atoms with Gasteiger partial charge in [-0.1, -0.05) is 49.2 Å². The van der Waals surface area contributed by atoms with E-state index in [9.17, 15) is 0 Å². The van der Waals surface area contributed by atoms with Crippen LogP contribution in [0.5, 0.6) is 0 Å². The topological polar surface area (TPSA) is 3.24 Å². The maximum absolute atomic E-state index is 2.66. The van der Waals surface area contributed by atoms with E-state index in [0.717, 1.165) is 18.4 Å². The van der Waals surface area contributed by atoms with Gasteiger partial charge in [0.25, 0.3) is 0 Å². The van der Waals surface area contributed by atoms with E-state index in [-0.39, 0.29) is 0 Å². The van der Waals surface area contributed by atoms with E-state index in [2.05, 4.69) is 63.8 Å². The Balaban J connectivity index is 2.09. The molecule has 0 aliphatic carbocycles. The Morgan fingerprint density at radius 3 is 2.05 bits per heavy atom. The lowest BCUT2D eigenvalue weighted by molar-refractivity contribution is 0.256. The van der Waals surface area contributed by atoms with Crippen LogP contribution < -0.4 is 0 Å². The van der Waals surface area contributed by atoms with Crippen LogP contribution in [0, 0.1) is 18.8 Å². The molecular weight excluding hydrogens is 254 g/mol. The van der Waals surface area contributed by atoms with Crippen LogP contribution in [0.1, 0.15) is 51.7 Å². The second-order valence-corrected chi connectivity index (χ2v) is 7.25. The highest BCUT2D eigenvalue weighted by molar-refractivity contribution is 5.66. The molecule has 0 radical (unpaired) electrons. The SMILES string of the molecule is C/C(CN1CC(C)CCC(C)C1)=C(\C)c1ccc(C)cc1. The summed E-state index contributed by atoms with van der Waals surface area (Å²) in [7, 11) is 0. The van der Waals surface area contributed by atoms with Crippen molar-refractivity contribution in [3.8, 4) is 0 Å². The van der Waals surface area contributed by atoms with Crippen molar-refractivity contribution in [1.82, 2.24) is 4.90 Å². The van der Waals surface area contributed by atoms with E-state index >= 15 is 0 Å². The number of likely N-dealkylation sites (tertiary alicyclic amines) is 1. The molecule has 0 saturated carbocycles. The van der Waals surface area contributed by atoms with Gasteiger partial charge in [-0.3, -0.25) is 4.90 Å². The lowest BCUT2D eigenvalue weighted by Gasteiger charge is -2.25. The molecule has 2 unspecified atom stereocenters. The highest BCUT2D eigenvalue weighted by Gasteiger charge is 2.19. The molecule has 1 aliphatic rings. The maximum atomic E-state index is 2.66. The molecule has 1 heteroatoms.